The van der Waals surface area contributed by atoms with Crippen molar-refractivity contribution in [3.8, 4) is 0 Å². The number of ether oxygens (including phenoxy) is 5. The molecule has 0 aliphatic carbocycles. The number of rotatable bonds is 43. The number of esters is 2. The van der Waals surface area contributed by atoms with E-state index in [1.165, 1.54) is 103 Å². The highest BCUT2D eigenvalue weighted by atomic mass is 16.5. The molecule has 0 N–H and O–H groups in total. The van der Waals surface area contributed by atoms with E-state index in [-0.39, 0.29) is 11.9 Å². The van der Waals surface area contributed by atoms with Crippen molar-refractivity contribution < 1.29 is 33.3 Å². The maximum Gasteiger partial charge on any atom is 0.305 e. The Hall–Kier alpha value is -1.22. The summed E-state index contributed by atoms with van der Waals surface area (Å²) < 4.78 is 28.2. The Bertz CT molecular complexity index is 717. The first-order valence-electron chi connectivity index (χ1n) is 22.8. The van der Waals surface area contributed by atoms with Crippen LogP contribution in [0.15, 0.2) is 0 Å². The fourth-order valence-electron chi connectivity index (χ4n) is 6.77. The van der Waals surface area contributed by atoms with Crippen LogP contribution in [0.3, 0.4) is 0 Å². The van der Waals surface area contributed by atoms with Crippen LogP contribution in [0, 0.1) is 11.8 Å². The number of carbonyl (C=O) groups excluding carboxylic acids is 2. The molecule has 0 aliphatic rings. The third kappa shape index (κ3) is 37.5. The van der Waals surface area contributed by atoms with Crippen LogP contribution in [0.2, 0.25) is 0 Å². The van der Waals surface area contributed by atoms with Crippen LogP contribution >= 0.6 is 0 Å². The topological polar surface area (TPSA) is 83.5 Å². The summed E-state index contributed by atoms with van der Waals surface area (Å²) in [5, 5.41) is 0. The Labute approximate surface area is 328 Å². The molecule has 0 bridgehead atoms. The minimum atomic E-state index is -0.0297. The lowest BCUT2D eigenvalue weighted by molar-refractivity contribution is -0.146. The number of carbonyl (C=O) groups is 2. The highest BCUT2D eigenvalue weighted by molar-refractivity contribution is 5.69. The fourth-order valence-corrected chi connectivity index (χ4v) is 6.77. The van der Waals surface area contributed by atoms with Crippen molar-refractivity contribution in [2.45, 2.75) is 195 Å². The van der Waals surface area contributed by atoms with E-state index in [4.69, 9.17) is 23.7 Å². The normalized spacial score (nSPS) is 12.7. The standard InChI is InChI=1S/C45H89NO7/c1-6-11-15-19-28-42(26-13-8-3)40-52-44(47)30-21-17-23-32-46(34-25-35-50-38-39-51-37-36-49-10-5)33-24-18-22-31-45(48)53-41-43(27-14-9-4)29-20-16-12-7-2/h42-43H,6-41H2,1-5H3. The first-order valence-corrected chi connectivity index (χ1v) is 22.8. The molecule has 8 nitrogen and oxygen atoms in total. The molecule has 0 radical (unpaired) electrons. The molecule has 0 saturated heterocycles. The molecule has 0 aromatic heterocycles. The van der Waals surface area contributed by atoms with Crippen LogP contribution in [0.1, 0.15) is 195 Å². The molecule has 316 valence electrons. The van der Waals surface area contributed by atoms with Gasteiger partial charge in [0, 0.05) is 32.6 Å². The Balaban J connectivity index is 4.52. The molecule has 0 aromatic carbocycles. The van der Waals surface area contributed by atoms with Crippen molar-refractivity contribution >= 4 is 11.9 Å². The van der Waals surface area contributed by atoms with Gasteiger partial charge in [-0.15, -0.1) is 0 Å². The third-order valence-corrected chi connectivity index (χ3v) is 10.2. The average molecular weight is 756 g/mol. The second kappa shape index (κ2) is 41.9. The van der Waals surface area contributed by atoms with Crippen molar-refractivity contribution in [2.24, 2.45) is 11.8 Å². The van der Waals surface area contributed by atoms with Gasteiger partial charge in [0.2, 0.25) is 0 Å². The van der Waals surface area contributed by atoms with Gasteiger partial charge < -0.3 is 28.6 Å². The Morgan fingerprint density at radius 1 is 0.415 bits per heavy atom. The molecule has 2 atom stereocenters. The number of hydrogen-bond acceptors (Lipinski definition) is 8. The van der Waals surface area contributed by atoms with E-state index in [1.54, 1.807) is 0 Å². The summed E-state index contributed by atoms with van der Waals surface area (Å²) in [6.07, 6.45) is 27.7. The molecule has 0 aromatic rings. The number of hydrogen-bond donors (Lipinski definition) is 0. The van der Waals surface area contributed by atoms with Crippen LogP contribution in [-0.4, -0.2) is 89.3 Å². The minimum absolute atomic E-state index is 0.0297. The van der Waals surface area contributed by atoms with Gasteiger partial charge in [-0.3, -0.25) is 9.59 Å². The minimum Gasteiger partial charge on any atom is -0.465 e. The van der Waals surface area contributed by atoms with E-state index in [0.717, 1.165) is 71.2 Å². The Morgan fingerprint density at radius 2 is 0.811 bits per heavy atom. The molecule has 0 heterocycles. The second-order valence-corrected chi connectivity index (χ2v) is 15.3. The molecular weight excluding hydrogens is 666 g/mol. The largest absolute Gasteiger partial charge is 0.465 e. The van der Waals surface area contributed by atoms with E-state index in [9.17, 15) is 9.59 Å². The van der Waals surface area contributed by atoms with Crippen molar-refractivity contribution in [1.29, 1.82) is 0 Å². The zero-order valence-corrected chi connectivity index (χ0v) is 35.9. The van der Waals surface area contributed by atoms with Gasteiger partial charge in [0.15, 0.2) is 0 Å². The summed E-state index contributed by atoms with van der Waals surface area (Å²) in [5.41, 5.74) is 0. The summed E-state index contributed by atoms with van der Waals surface area (Å²) in [6.45, 7) is 19.0. The molecule has 0 rings (SSSR count). The third-order valence-electron chi connectivity index (χ3n) is 10.2. The van der Waals surface area contributed by atoms with Gasteiger partial charge in [-0.1, -0.05) is 118 Å². The predicted octanol–water partition coefficient (Wildman–Crippen LogP) is 11.5. The second-order valence-electron chi connectivity index (χ2n) is 15.3. The van der Waals surface area contributed by atoms with Crippen molar-refractivity contribution in [2.75, 3.05) is 72.5 Å². The van der Waals surface area contributed by atoms with E-state index in [0.29, 0.717) is 70.9 Å². The molecule has 0 aliphatic heterocycles. The summed E-state index contributed by atoms with van der Waals surface area (Å²) >= 11 is 0. The monoisotopic (exact) mass is 756 g/mol. The maximum absolute atomic E-state index is 12.5. The molecule has 0 spiro atoms. The summed E-state index contributed by atoms with van der Waals surface area (Å²) in [6, 6.07) is 0. The van der Waals surface area contributed by atoms with Crippen molar-refractivity contribution in [3.05, 3.63) is 0 Å². The first kappa shape index (κ1) is 51.8. The van der Waals surface area contributed by atoms with Gasteiger partial charge in [-0.05, 0) is 89.6 Å². The van der Waals surface area contributed by atoms with Gasteiger partial charge in [-0.2, -0.15) is 0 Å². The molecule has 0 amide bonds. The smallest absolute Gasteiger partial charge is 0.305 e. The van der Waals surface area contributed by atoms with Crippen LogP contribution in [0.5, 0.6) is 0 Å². The van der Waals surface area contributed by atoms with E-state index >= 15 is 0 Å². The van der Waals surface area contributed by atoms with Crippen LogP contribution in [0.4, 0.5) is 0 Å². The van der Waals surface area contributed by atoms with Crippen LogP contribution < -0.4 is 0 Å². The molecule has 0 fully saturated rings. The molecule has 2 unspecified atom stereocenters. The van der Waals surface area contributed by atoms with Crippen LogP contribution in [0.25, 0.3) is 0 Å². The zero-order valence-electron chi connectivity index (χ0n) is 35.9. The lowest BCUT2D eigenvalue weighted by Crippen LogP contribution is -2.28. The Kier molecular flexibility index (Phi) is 41.0. The molecule has 0 saturated carbocycles. The fraction of sp³-hybridized carbons (Fsp3) is 0.956. The summed E-state index contributed by atoms with van der Waals surface area (Å²) in [5.74, 6) is 0.968. The van der Waals surface area contributed by atoms with E-state index in [1.807, 2.05) is 6.92 Å². The average Bonchev–Trinajstić information content (AvgIpc) is 3.16. The highest BCUT2D eigenvalue weighted by Gasteiger charge is 2.14. The molecule has 53 heavy (non-hydrogen) atoms. The SMILES string of the molecule is CCCCCCC(CCCC)COC(=O)CCCCCN(CCCCCC(=O)OCC(CCCC)CCCCCC)CCCOCCOCCOCC. The number of unbranched alkanes of at least 4 members (excludes halogenated alkanes) is 12. The van der Waals surface area contributed by atoms with Gasteiger partial charge in [0.1, 0.15) is 0 Å². The molecular formula is C45H89NO7. The zero-order chi connectivity index (χ0) is 38.9. The molecule has 8 heteroatoms. The first-order chi connectivity index (χ1) is 26.0. The van der Waals surface area contributed by atoms with E-state index in [2.05, 4.69) is 32.6 Å². The maximum atomic E-state index is 12.5. The van der Waals surface area contributed by atoms with Crippen molar-refractivity contribution in [1.82, 2.24) is 4.90 Å². The van der Waals surface area contributed by atoms with Gasteiger partial charge >= 0.3 is 11.9 Å². The van der Waals surface area contributed by atoms with E-state index < -0.39 is 0 Å². The van der Waals surface area contributed by atoms with Gasteiger partial charge in [0.05, 0.1) is 39.6 Å². The lowest BCUT2D eigenvalue weighted by Gasteiger charge is -2.22. The predicted molar refractivity (Wildman–Crippen MR) is 222 cm³/mol. The van der Waals surface area contributed by atoms with Gasteiger partial charge in [-0.25, -0.2) is 0 Å². The lowest BCUT2D eigenvalue weighted by atomic mass is 9.96. The van der Waals surface area contributed by atoms with Crippen LogP contribution in [-0.2, 0) is 33.3 Å². The van der Waals surface area contributed by atoms with Gasteiger partial charge in [0.25, 0.3) is 0 Å². The summed E-state index contributed by atoms with van der Waals surface area (Å²) in [7, 11) is 0. The number of nitrogens with zero attached hydrogens (tertiary/aromatic N) is 1. The highest BCUT2D eigenvalue weighted by Crippen LogP contribution is 2.20. The quantitative estimate of drug-likeness (QED) is 0.0449. The Morgan fingerprint density at radius 3 is 1.26 bits per heavy atom. The summed E-state index contributed by atoms with van der Waals surface area (Å²) in [4.78, 5) is 27.6. The van der Waals surface area contributed by atoms with Crippen molar-refractivity contribution in [3.63, 3.8) is 0 Å².